The van der Waals surface area contributed by atoms with Gasteiger partial charge in [-0.25, -0.2) is 8.78 Å². The first-order valence-electron chi connectivity index (χ1n) is 14.0. The van der Waals surface area contributed by atoms with Gasteiger partial charge in [-0.3, -0.25) is 24.9 Å². The lowest BCUT2D eigenvalue weighted by Crippen LogP contribution is -2.48. The number of likely N-dealkylation sites (tertiary alicyclic amines) is 1. The van der Waals surface area contributed by atoms with Crippen LogP contribution in [0.1, 0.15) is 55.7 Å². The molecule has 0 bridgehead atoms. The fourth-order valence-electron chi connectivity index (χ4n) is 5.90. The molecule has 4 rings (SSSR count). The maximum Gasteiger partial charge on any atom is 0.317 e. The highest BCUT2D eigenvalue weighted by molar-refractivity contribution is 6.12. The van der Waals surface area contributed by atoms with E-state index in [0.29, 0.717) is 61.4 Å². The molecule has 222 valence electrons. The average molecular weight is 572 g/mol. The topological polar surface area (TPSA) is 138 Å². The summed E-state index contributed by atoms with van der Waals surface area (Å²) < 4.78 is 28.6. The van der Waals surface area contributed by atoms with E-state index in [-0.39, 0.29) is 36.4 Å². The lowest BCUT2D eigenvalue weighted by atomic mass is 9.91. The third-order valence-electron chi connectivity index (χ3n) is 8.03. The van der Waals surface area contributed by atoms with Crippen LogP contribution in [-0.2, 0) is 16.0 Å². The van der Waals surface area contributed by atoms with Gasteiger partial charge in [0.1, 0.15) is 5.84 Å². The minimum atomic E-state index is -2.75. The predicted molar refractivity (Wildman–Crippen MR) is 156 cm³/mol. The number of aliphatic carboxylic acids is 1. The van der Waals surface area contributed by atoms with Gasteiger partial charge in [0.2, 0.25) is 5.91 Å². The van der Waals surface area contributed by atoms with Crippen LogP contribution in [0, 0.1) is 5.41 Å². The van der Waals surface area contributed by atoms with Gasteiger partial charge in [0.25, 0.3) is 6.43 Å². The Bertz CT molecular complexity index is 1270. The number of fused-ring (bicyclic) bond motifs is 1. The summed E-state index contributed by atoms with van der Waals surface area (Å²) in [6.45, 7) is 4.11. The number of carboxylic acid groups (broad SMARTS) is 1. The maximum atomic E-state index is 14.3. The van der Waals surface area contributed by atoms with Crippen LogP contribution in [0.25, 0.3) is 5.57 Å². The smallest absolute Gasteiger partial charge is 0.317 e. The molecule has 1 fully saturated rings. The second-order valence-corrected chi connectivity index (χ2v) is 10.7. The summed E-state index contributed by atoms with van der Waals surface area (Å²) in [5.41, 5.74) is 9.30. The minimum absolute atomic E-state index is 0.0172. The van der Waals surface area contributed by atoms with Crippen molar-refractivity contribution in [2.75, 3.05) is 51.2 Å². The number of carbonyl (C=O) groups is 2. The Morgan fingerprint density at radius 1 is 1.22 bits per heavy atom. The molecule has 1 saturated heterocycles. The van der Waals surface area contributed by atoms with Crippen molar-refractivity contribution in [3.8, 4) is 0 Å². The van der Waals surface area contributed by atoms with Gasteiger partial charge in [0, 0.05) is 93.1 Å². The van der Waals surface area contributed by atoms with Crippen molar-refractivity contribution in [1.29, 1.82) is 5.41 Å². The fraction of sp³-hybridized carbons (Fsp3) is 0.517. The first kappa shape index (κ1) is 30.2. The van der Waals surface area contributed by atoms with Gasteiger partial charge in [-0.1, -0.05) is 0 Å². The molecule has 0 spiro atoms. The van der Waals surface area contributed by atoms with Gasteiger partial charge in [-0.15, -0.1) is 0 Å². The summed E-state index contributed by atoms with van der Waals surface area (Å²) in [5, 5.41) is 22.0. The van der Waals surface area contributed by atoms with Gasteiger partial charge in [-0.2, -0.15) is 0 Å². The van der Waals surface area contributed by atoms with E-state index in [1.807, 2.05) is 4.90 Å². The number of halogens is 2. The number of amides is 1. The Kier molecular flexibility index (Phi) is 9.74. The zero-order chi connectivity index (χ0) is 29.7. The molecule has 3 heterocycles. The summed E-state index contributed by atoms with van der Waals surface area (Å²) in [5.74, 6) is -0.733. The first-order chi connectivity index (χ1) is 19.6. The zero-order valence-electron chi connectivity index (χ0n) is 23.6. The van der Waals surface area contributed by atoms with Crippen molar-refractivity contribution < 1.29 is 23.5 Å². The zero-order valence-corrected chi connectivity index (χ0v) is 23.6. The average Bonchev–Trinajstić information content (AvgIpc) is 2.95. The van der Waals surface area contributed by atoms with Crippen molar-refractivity contribution >= 4 is 35.2 Å². The molecule has 1 amide bonds. The standard InChI is InChI=1S/C29H39F2N7O3/c1-18(39)37-11-7-25(35-21-5-9-36(10-6-21)17-27(40)41)24(16-37)29(33)38-8-3-4-19-12-22(20(14-32)15-34-2)23(28(30)31)13-26(19)38/h12-15,21,28,33,35H,3-11,16-17,32H2,1-2H3,(H,40,41). The second kappa shape index (κ2) is 13.2. The Morgan fingerprint density at radius 3 is 2.56 bits per heavy atom. The lowest BCUT2D eigenvalue weighted by molar-refractivity contribution is -0.138. The molecule has 41 heavy (non-hydrogen) atoms. The molecule has 12 heteroatoms. The van der Waals surface area contributed by atoms with Crippen molar-refractivity contribution in [3.05, 3.63) is 46.3 Å². The molecule has 1 aromatic rings. The summed E-state index contributed by atoms with van der Waals surface area (Å²) in [6.07, 6.45) is 3.48. The predicted octanol–water partition coefficient (Wildman–Crippen LogP) is 3.00. The van der Waals surface area contributed by atoms with E-state index in [0.717, 1.165) is 30.5 Å². The van der Waals surface area contributed by atoms with Crippen LogP contribution in [-0.4, -0.2) is 91.2 Å². The molecular formula is C29H39F2N7O3. The second-order valence-electron chi connectivity index (χ2n) is 10.7. The number of carboxylic acids is 1. The van der Waals surface area contributed by atoms with Crippen molar-refractivity contribution in [1.82, 2.24) is 15.1 Å². The van der Waals surface area contributed by atoms with E-state index in [1.165, 1.54) is 25.4 Å². The fourth-order valence-corrected chi connectivity index (χ4v) is 5.90. The summed E-state index contributed by atoms with van der Waals surface area (Å²) >= 11 is 0. The first-order valence-corrected chi connectivity index (χ1v) is 14.0. The summed E-state index contributed by atoms with van der Waals surface area (Å²) in [6, 6.07) is 3.32. The van der Waals surface area contributed by atoms with E-state index in [1.54, 1.807) is 22.9 Å². The molecule has 0 radical (unpaired) electrons. The molecule has 3 aliphatic rings. The molecule has 3 aliphatic heterocycles. The Hall–Kier alpha value is -3.80. The molecule has 10 nitrogen and oxygen atoms in total. The highest BCUT2D eigenvalue weighted by Crippen LogP contribution is 2.38. The Balaban J connectivity index is 1.66. The maximum absolute atomic E-state index is 14.3. The Labute approximate surface area is 239 Å². The van der Waals surface area contributed by atoms with Gasteiger partial charge >= 0.3 is 5.97 Å². The molecule has 0 unspecified atom stereocenters. The number of amidine groups is 1. The minimum Gasteiger partial charge on any atom is -0.480 e. The van der Waals surface area contributed by atoms with Crippen LogP contribution >= 0.6 is 0 Å². The van der Waals surface area contributed by atoms with E-state index in [2.05, 4.69) is 10.3 Å². The van der Waals surface area contributed by atoms with Crippen molar-refractivity contribution in [2.45, 2.75) is 51.5 Å². The van der Waals surface area contributed by atoms with Crippen LogP contribution in [0.4, 0.5) is 14.5 Å². The SMILES string of the molecule is CN=CC(=CN)c1cc2c(cc1C(F)F)N(C(=N)C1=C(NC3CCN(CC(=O)O)CC3)CCN(C(C)=O)C1)CCC2. The van der Waals surface area contributed by atoms with Gasteiger partial charge in [-0.05, 0) is 48.9 Å². The summed E-state index contributed by atoms with van der Waals surface area (Å²) in [4.78, 5) is 32.7. The largest absolute Gasteiger partial charge is 0.480 e. The number of nitrogens with two attached hydrogens (primary N) is 1. The molecule has 0 saturated carbocycles. The summed E-state index contributed by atoms with van der Waals surface area (Å²) in [7, 11) is 1.56. The number of allylic oxidation sites excluding steroid dienone is 1. The number of carbonyl (C=O) groups excluding carboxylic acids is 1. The number of hydrogen-bond donors (Lipinski definition) is 4. The van der Waals surface area contributed by atoms with E-state index in [4.69, 9.17) is 10.8 Å². The number of piperidine rings is 1. The number of rotatable bonds is 8. The van der Waals surface area contributed by atoms with Crippen LogP contribution in [0.15, 0.2) is 34.6 Å². The van der Waals surface area contributed by atoms with Crippen molar-refractivity contribution in [2.24, 2.45) is 10.7 Å². The van der Waals surface area contributed by atoms with E-state index >= 15 is 0 Å². The van der Waals surface area contributed by atoms with Crippen LogP contribution in [0.2, 0.25) is 0 Å². The van der Waals surface area contributed by atoms with Gasteiger partial charge in [0.15, 0.2) is 0 Å². The molecule has 0 aliphatic carbocycles. The molecule has 5 N–H and O–H groups in total. The molecular weight excluding hydrogens is 532 g/mol. The van der Waals surface area contributed by atoms with Crippen LogP contribution < -0.4 is 16.0 Å². The third kappa shape index (κ3) is 6.92. The van der Waals surface area contributed by atoms with E-state index < -0.39 is 12.4 Å². The number of aliphatic imine (C=N–C) groups is 1. The van der Waals surface area contributed by atoms with E-state index in [9.17, 15) is 23.8 Å². The Morgan fingerprint density at radius 2 is 1.95 bits per heavy atom. The van der Waals surface area contributed by atoms with Crippen molar-refractivity contribution in [3.63, 3.8) is 0 Å². The number of alkyl halides is 2. The number of benzene rings is 1. The lowest BCUT2D eigenvalue weighted by Gasteiger charge is -2.39. The van der Waals surface area contributed by atoms with Gasteiger partial charge < -0.3 is 26.0 Å². The number of aryl methyl sites for hydroxylation is 1. The van der Waals surface area contributed by atoms with Crippen LogP contribution in [0.5, 0.6) is 0 Å². The number of hydrogen-bond acceptors (Lipinski definition) is 7. The number of anilines is 1. The van der Waals surface area contributed by atoms with Crippen LogP contribution in [0.3, 0.4) is 0 Å². The molecule has 0 atom stereocenters. The van der Waals surface area contributed by atoms with Gasteiger partial charge in [0.05, 0.1) is 13.1 Å². The highest BCUT2D eigenvalue weighted by atomic mass is 19.3. The quantitative estimate of drug-likeness (QED) is 0.278. The highest BCUT2D eigenvalue weighted by Gasteiger charge is 2.32. The monoisotopic (exact) mass is 571 g/mol. The number of nitrogens with zero attached hydrogens (tertiary/aromatic N) is 4. The third-order valence-corrected chi connectivity index (χ3v) is 8.03. The normalized spacial score (nSPS) is 19.2. The molecule has 0 aromatic heterocycles. The number of nitrogens with one attached hydrogen (secondary N) is 2. The molecule has 1 aromatic carbocycles.